The van der Waals surface area contributed by atoms with Crippen molar-refractivity contribution >= 4 is 21.6 Å². The molecule has 0 bridgehead atoms. The predicted molar refractivity (Wildman–Crippen MR) is 106 cm³/mol. The van der Waals surface area contributed by atoms with Gasteiger partial charge in [0.15, 0.2) is 11.5 Å². The molecule has 3 rings (SSSR count). The van der Waals surface area contributed by atoms with Crippen LogP contribution in [0.25, 0.3) is 0 Å². The highest BCUT2D eigenvalue weighted by Gasteiger charge is 2.39. The Kier molecular flexibility index (Phi) is 6.06. The van der Waals surface area contributed by atoms with Crippen molar-refractivity contribution in [3.63, 3.8) is 0 Å². The van der Waals surface area contributed by atoms with Gasteiger partial charge in [0.25, 0.3) is 0 Å². The van der Waals surface area contributed by atoms with Crippen LogP contribution >= 0.6 is 0 Å². The summed E-state index contributed by atoms with van der Waals surface area (Å²) >= 11 is 0. The Morgan fingerprint density at radius 2 is 1.90 bits per heavy atom. The molecule has 1 amide bonds. The lowest BCUT2D eigenvalue weighted by atomic mass is 10.1. The summed E-state index contributed by atoms with van der Waals surface area (Å²) in [7, 11) is -1.04. The molecule has 29 heavy (non-hydrogen) atoms. The van der Waals surface area contributed by atoms with E-state index in [1.54, 1.807) is 24.3 Å². The first kappa shape index (κ1) is 20.6. The van der Waals surface area contributed by atoms with Crippen molar-refractivity contribution in [1.29, 1.82) is 5.26 Å². The van der Waals surface area contributed by atoms with E-state index in [9.17, 15) is 18.5 Å². The molecule has 1 heterocycles. The van der Waals surface area contributed by atoms with E-state index in [0.29, 0.717) is 29.8 Å². The fraction of sp³-hybridized carbons (Fsp3) is 0.300. The number of sulfonamides is 1. The summed E-state index contributed by atoms with van der Waals surface area (Å²) in [5.41, 5.74) is 0.670. The SMILES string of the molecule is COc1ccc(S(=O)(=O)N2CCCC2C(=O)Nc2ccccc2C#N)cc1OC. The summed E-state index contributed by atoms with van der Waals surface area (Å²) in [6, 6.07) is 12.1. The maximum absolute atomic E-state index is 13.2. The van der Waals surface area contributed by atoms with Crippen molar-refractivity contribution in [2.45, 2.75) is 23.8 Å². The average Bonchev–Trinajstić information content (AvgIpc) is 3.24. The maximum atomic E-state index is 13.2. The molecule has 0 radical (unpaired) electrons. The van der Waals surface area contributed by atoms with Crippen molar-refractivity contribution < 1.29 is 22.7 Å². The van der Waals surface area contributed by atoms with Crippen LogP contribution in [0.5, 0.6) is 11.5 Å². The molecule has 1 atom stereocenters. The molecule has 1 saturated heterocycles. The third-order valence-corrected chi connectivity index (χ3v) is 6.68. The van der Waals surface area contributed by atoms with Crippen LogP contribution < -0.4 is 14.8 Å². The minimum Gasteiger partial charge on any atom is -0.493 e. The van der Waals surface area contributed by atoms with E-state index in [0.717, 1.165) is 0 Å². The lowest BCUT2D eigenvalue weighted by Crippen LogP contribution is -2.43. The zero-order valence-electron chi connectivity index (χ0n) is 16.1. The molecule has 9 heteroatoms. The molecule has 0 aliphatic carbocycles. The number of nitrogens with one attached hydrogen (secondary N) is 1. The van der Waals surface area contributed by atoms with Crippen LogP contribution in [-0.2, 0) is 14.8 Å². The monoisotopic (exact) mass is 415 g/mol. The van der Waals surface area contributed by atoms with Gasteiger partial charge >= 0.3 is 0 Å². The number of benzene rings is 2. The summed E-state index contributed by atoms with van der Waals surface area (Å²) < 4.78 is 37.9. The van der Waals surface area contributed by atoms with Gasteiger partial charge in [0.1, 0.15) is 12.1 Å². The van der Waals surface area contributed by atoms with E-state index in [1.165, 1.54) is 36.7 Å². The molecule has 0 aromatic heterocycles. The molecular formula is C20H21N3O5S. The number of nitrogens with zero attached hydrogens (tertiary/aromatic N) is 2. The number of rotatable bonds is 6. The highest BCUT2D eigenvalue weighted by molar-refractivity contribution is 7.89. The number of para-hydroxylation sites is 1. The Morgan fingerprint density at radius 1 is 1.17 bits per heavy atom. The third-order valence-electron chi connectivity index (χ3n) is 4.77. The number of hydrogen-bond donors (Lipinski definition) is 1. The van der Waals surface area contributed by atoms with Gasteiger partial charge in [-0.2, -0.15) is 9.57 Å². The van der Waals surface area contributed by atoms with Gasteiger partial charge in [-0.15, -0.1) is 0 Å². The molecule has 0 spiro atoms. The topological polar surface area (TPSA) is 109 Å². The smallest absolute Gasteiger partial charge is 0.243 e. The summed E-state index contributed by atoms with van der Waals surface area (Å²) in [5.74, 6) is 0.237. The van der Waals surface area contributed by atoms with Crippen LogP contribution in [0.2, 0.25) is 0 Å². The van der Waals surface area contributed by atoms with Crippen LogP contribution in [0.15, 0.2) is 47.4 Å². The molecule has 1 fully saturated rings. The number of methoxy groups -OCH3 is 2. The van der Waals surface area contributed by atoms with Gasteiger partial charge in [0, 0.05) is 12.6 Å². The van der Waals surface area contributed by atoms with Gasteiger partial charge in [-0.05, 0) is 37.1 Å². The van der Waals surface area contributed by atoms with E-state index in [1.807, 2.05) is 6.07 Å². The van der Waals surface area contributed by atoms with Crippen molar-refractivity contribution in [3.05, 3.63) is 48.0 Å². The molecule has 1 N–H and O–H groups in total. The zero-order chi connectivity index (χ0) is 21.0. The second-order valence-corrected chi connectivity index (χ2v) is 8.33. The molecule has 2 aromatic carbocycles. The van der Waals surface area contributed by atoms with Crippen LogP contribution in [0.4, 0.5) is 5.69 Å². The minimum atomic E-state index is -3.93. The number of amides is 1. The average molecular weight is 415 g/mol. The van der Waals surface area contributed by atoms with E-state index in [-0.39, 0.29) is 17.2 Å². The number of ether oxygens (including phenoxy) is 2. The molecule has 1 aliphatic rings. The second-order valence-electron chi connectivity index (χ2n) is 6.44. The zero-order valence-corrected chi connectivity index (χ0v) is 16.9. The van der Waals surface area contributed by atoms with E-state index >= 15 is 0 Å². The van der Waals surface area contributed by atoms with E-state index in [4.69, 9.17) is 9.47 Å². The Hall–Kier alpha value is -3.09. The molecule has 1 aliphatic heterocycles. The van der Waals surface area contributed by atoms with Gasteiger partial charge in [-0.3, -0.25) is 4.79 Å². The first-order valence-corrected chi connectivity index (χ1v) is 10.4. The first-order chi connectivity index (χ1) is 13.9. The number of nitriles is 1. The summed E-state index contributed by atoms with van der Waals surface area (Å²) in [5, 5.41) is 11.9. The van der Waals surface area contributed by atoms with Crippen molar-refractivity contribution in [2.24, 2.45) is 0 Å². The van der Waals surface area contributed by atoms with Gasteiger partial charge in [-0.25, -0.2) is 8.42 Å². The minimum absolute atomic E-state index is 0.0206. The van der Waals surface area contributed by atoms with Gasteiger partial charge in [-0.1, -0.05) is 12.1 Å². The van der Waals surface area contributed by atoms with Gasteiger partial charge < -0.3 is 14.8 Å². The fourth-order valence-corrected chi connectivity index (χ4v) is 4.98. The molecule has 8 nitrogen and oxygen atoms in total. The number of carbonyl (C=O) groups excluding carboxylic acids is 1. The maximum Gasteiger partial charge on any atom is 0.243 e. The largest absolute Gasteiger partial charge is 0.493 e. The van der Waals surface area contributed by atoms with Crippen LogP contribution in [0.3, 0.4) is 0 Å². The Labute approximate surface area is 169 Å². The molecular weight excluding hydrogens is 394 g/mol. The first-order valence-electron chi connectivity index (χ1n) is 8.96. The highest BCUT2D eigenvalue weighted by Crippen LogP contribution is 2.33. The van der Waals surface area contributed by atoms with Crippen LogP contribution in [-0.4, -0.2) is 45.4 Å². The molecule has 2 aromatic rings. The van der Waals surface area contributed by atoms with Crippen molar-refractivity contribution in [1.82, 2.24) is 4.31 Å². The third kappa shape index (κ3) is 4.04. The number of carbonyl (C=O) groups is 1. The number of anilines is 1. The quantitative estimate of drug-likeness (QED) is 0.776. The lowest BCUT2D eigenvalue weighted by molar-refractivity contribution is -0.119. The molecule has 1 unspecified atom stereocenters. The van der Waals surface area contributed by atoms with E-state index in [2.05, 4.69) is 5.32 Å². The van der Waals surface area contributed by atoms with Crippen LogP contribution in [0, 0.1) is 11.3 Å². The van der Waals surface area contributed by atoms with Crippen molar-refractivity contribution in [2.75, 3.05) is 26.1 Å². The van der Waals surface area contributed by atoms with Gasteiger partial charge in [0.2, 0.25) is 15.9 Å². The summed E-state index contributed by atoms with van der Waals surface area (Å²) in [4.78, 5) is 12.8. The summed E-state index contributed by atoms with van der Waals surface area (Å²) in [6.07, 6.45) is 0.956. The normalized spacial score (nSPS) is 16.8. The number of hydrogen-bond acceptors (Lipinski definition) is 6. The Bertz CT molecular complexity index is 1060. The molecule has 152 valence electrons. The highest BCUT2D eigenvalue weighted by atomic mass is 32.2. The van der Waals surface area contributed by atoms with Crippen LogP contribution in [0.1, 0.15) is 18.4 Å². The Balaban J connectivity index is 1.88. The second kappa shape index (κ2) is 8.51. The molecule has 0 saturated carbocycles. The van der Waals surface area contributed by atoms with Crippen molar-refractivity contribution in [3.8, 4) is 17.6 Å². The fourth-order valence-electron chi connectivity index (χ4n) is 3.31. The lowest BCUT2D eigenvalue weighted by Gasteiger charge is -2.24. The Morgan fingerprint density at radius 3 is 2.59 bits per heavy atom. The predicted octanol–water partition coefficient (Wildman–Crippen LogP) is 2.37. The van der Waals surface area contributed by atoms with E-state index < -0.39 is 22.0 Å². The standard InChI is InChI=1S/C20H21N3O5S/c1-27-18-10-9-15(12-19(18)28-2)29(25,26)23-11-5-8-17(23)20(24)22-16-7-4-3-6-14(16)13-21/h3-4,6-7,9-10,12,17H,5,8,11H2,1-2H3,(H,22,24). The van der Waals surface area contributed by atoms with Gasteiger partial charge in [0.05, 0.1) is 30.4 Å². The summed E-state index contributed by atoms with van der Waals surface area (Å²) in [6.45, 7) is 0.231.